The zero-order valence-corrected chi connectivity index (χ0v) is 10.4. The molecular formula is C14H14N4. The van der Waals surface area contributed by atoms with E-state index in [0.717, 1.165) is 16.8 Å². The van der Waals surface area contributed by atoms with E-state index in [1.165, 1.54) is 11.1 Å². The molecule has 0 fully saturated rings. The Balaban J connectivity index is 2.27. The minimum absolute atomic E-state index is 0.297. The maximum Gasteiger partial charge on any atom is 0.240 e. The molecule has 0 radical (unpaired) electrons. The minimum atomic E-state index is 0.297. The highest BCUT2D eigenvalue weighted by molar-refractivity contribution is 5.78. The summed E-state index contributed by atoms with van der Waals surface area (Å²) in [6.45, 7) is 4.21. The van der Waals surface area contributed by atoms with Crippen molar-refractivity contribution in [1.82, 2.24) is 14.6 Å². The van der Waals surface area contributed by atoms with E-state index >= 15 is 0 Å². The van der Waals surface area contributed by atoms with Crippen LogP contribution in [0.15, 0.2) is 36.5 Å². The molecule has 2 heterocycles. The largest absolute Gasteiger partial charge is 0.366 e. The number of benzene rings is 1. The summed E-state index contributed by atoms with van der Waals surface area (Å²) in [6.07, 6.45) is 1.85. The van der Waals surface area contributed by atoms with Crippen LogP contribution >= 0.6 is 0 Å². The fraction of sp³-hybridized carbons (Fsp3) is 0.143. The normalized spacial score (nSPS) is 11.0. The number of pyridine rings is 1. The predicted molar refractivity (Wildman–Crippen MR) is 72.3 cm³/mol. The lowest BCUT2D eigenvalue weighted by molar-refractivity contribution is 0.969. The van der Waals surface area contributed by atoms with Gasteiger partial charge in [0, 0.05) is 11.8 Å². The van der Waals surface area contributed by atoms with Gasteiger partial charge in [0.2, 0.25) is 5.95 Å². The second kappa shape index (κ2) is 3.84. The van der Waals surface area contributed by atoms with Crippen LogP contribution in [0.2, 0.25) is 0 Å². The van der Waals surface area contributed by atoms with Crippen molar-refractivity contribution in [1.29, 1.82) is 0 Å². The van der Waals surface area contributed by atoms with Crippen molar-refractivity contribution in [2.45, 2.75) is 13.8 Å². The van der Waals surface area contributed by atoms with Gasteiger partial charge in [0.1, 0.15) is 0 Å². The molecule has 0 aliphatic heterocycles. The first-order valence-electron chi connectivity index (χ1n) is 5.83. The molecule has 3 aromatic rings. The highest BCUT2D eigenvalue weighted by atomic mass is 15.3. The van der Waals surface area contributed by atoms with E-state index in [0.29, 0.717) is 5.95 Å². The van der Waals surface area contributed by atoms with Gasteiger partial charge in [-0.2, -0.15) is 4.98 Å². The summed E-state index contributed by atoms with van der Waals surface area (Å²) in [4.78, 5) is 4.27. The van der Waals surface area contributed by atoms with Crippen LogP contribution in [0.5, 0.6) is 0 Å². The first-order valence-corrected chi connectivity index (χ1v) is 5.83. The number of anilines is 1. The molecule has 2 N–H and O–H groups in total. The van der Waals surface area contributed by atoms with Gasteiger partial charge in [0.15, 0.2) is 5.65 Å². The van der Waals surface area contributed by atoms with E-state index in [4.69, 9.17) is 5.73 Å². The molecule has 0 aliphatic rings. The van der Waals surface area contributed by atoms with Gasteiger partial charge in [-0.05, 0) is 42.7 Å². The van der Waals surface area contributed by atoms with Crippen LogP contribution in [0, 0.1) is 13.8 Å². The zero-order valence-electron chi connectivity index (χ0n) is 10.4. The Hall–Kier alpha value is -2.36. The lowest BCUT2D eigenvalue weighted by Gasteiger charge is -2.06. The summed E-state index contributed by atoms with van der Waals surface area (Å²) in [7, 11) is 0. The predicted octanol–water partition coefficient (Wildman–Crippen LogP) is 2.60. The Morgan fingerprint density at radius 3 is 2.72 bits per heavy atom. The summed E-state index contributed by atoms with van der Waals surface area (Å²) in [6, 6.07) is 10.4. The molecule has 3 rings (SSSR count). The van der Waals surface area contributed by atoms with E-state index in [1.807, 2.05) is 18.3 Å². The van der Waals surface area contributed by atoms with Crippen LogP contribution in [-0.4, -0.2) is 14.6 Å². The molecule has 0 saturated carbocycles. The van der Waals surface area contributed by atoms with Gasteiger partial charge >= 0.3 is 0 Å². The summed E-state index contributed by atoms with van der Waals surface area (Å²) in [5.74, 6) is 0.297. The number of rotatable bonds is 1. The van der Waals surface area contributed by atoms with Crippen molar-refractivity contribution in [3.05, 3.63) is 47.7 Å². The van der Waals surface area contributed by atoms with Crippen LogP contribution in [0.3, 0.4) is 0 Å². The van der Waals surface area contributed by atoms with E-state index in [1.54, 1.807) is 4.52 Å². The molecule has 4 nitrogen and oxygen atoms in total. The number of nitrogen functional groups attached to an aromatic ring is 1. The van der Waals surface area contributed by atoms with Crippen LogP contribution in [-0.2, 0) is 0 Å². The Bertz CT molecular complexity index is 728. The van der Waals surface area contributed by atoms with Crippen molar-refractivity contribution in [2.24, 2.45) is 0 Å². The Morgan fingerprint density at radius 2 is 1.94 bits per heavy atom. The molecule has 0 spiro atoms. The molecular weight excluding hydrogens is 224 g/mol. The average molecular weight is 238 g/mol. The fourth-order valence-corrected chi connectivity index (χ4v) is 2.06. The quantitative estimate of drug-likeness (QED) is 0.709. The third-order valence-electron chi connectivity index (χ3n) is 3.20. The topological polar surface area (TPSA) is 56.2 Å². The number of hydrogen-bond acceptors (Lipinski definition) is 3. The summed E-state index contributed by atoms with van der Waals surface area (Å²) < 4.78 is 1.71. The third kappa shape index (κ3) is 1.62. The number of nitrogens with two attached hydrogens (primary N) is 1. The second-order valence-corrected chi connectivity index (χ2v) is 4.46. The van der Waals surface area contributed by atoms with Crippen LogP contribution in [0.4, 0.5) is 5.95 Å². The molecule has 0 unspecified atom stereocenters. The molecule has 1 aromatic carbocycles. The molecule has 0 aliphatic carbocycles. The SMILES string of the molecule is Cc1ccc(-c2cccn3nc(N)nc23)cc1C. The lowest BCUT2D eigenvalue weighted by Crippen LogP contribution is -1.90. The van der Waals surface area contributed by atoms with Gasteiger partial charge in [-0.3, -0.25) is 0 Å². The molecule has 0 bridgehead atoms. The third-order valence-corrected chi connectivity index (χ3v) is 3.20. The van der Waals surface area contributed by atoms with Crippen molar-refractivity contribution >= 4 is 11.6 Å². The van der Waals surface area contributed by atoms with Gasteiger partial charge in [0.25, 0.3) is 0 Å². The lowest BCUT2D eigenvalue weighted by atomic mass is 10.0. The number of aryl methyl sites for hydroxylation is 2. The molecule has 90 valence electrons. The highest BCUT2D eigenvalue weighted by Crippen LogP contribution is 2.25. The average Bonchev–Trinajstić information content (AvgIpc) is 2.72. The van der Waals surface area contributed by atoms with E-state index in [-0.39, 0.29) is 0 Å². The Labute approximate surface area is 105 Å². The smallest absolute Gasteiger partial charge is 0.240 e. The number of aromatic nitrogens is 3. The highest BCUT2D eigenvalue weighted by Gasteiger charge is 2.08. The maximum atomic E-state index is 5.65. The first-order chi connectivity index (χ1) is 8.65. The van der Waals surface area contributed by atoms with Crippen molar-refractivity contribution in [3.8, 4) is 11.1 Å². The zero-order chi connectivity index (χ0) is 12.7. The van der Waals surface area contributed by atoms with Gasteiger partial charge in [-0.25, -0.2) is 4.52 Å². The maximum absolute atomic E-state index is 5.65. The Kier molecular flexibility index (Phi) is 2.30. The fourth-order valence-electron chi connectivity index (χ4n) is 2.06. The number of fused-ring (bicyclic) bond motifs is 1. The van der Waals surface area contributed by atoms with Crippen molar-refractivity contribution in [3.63, 3.8) is 0 Å². The van der Waals surface area contributed by atoms with Crippen LogP contribution < -0.4 is 5.73 Å². The van der Waals surface area contributed by atoms with Crippen molar-refractivity contribution in [2.75, 3.05) is 5.73 Å². The summed E-state index contributed by atoms with van der Waals surface area (Å²) >= 11 is 0. The van der Waals surface area contributed by atoms with Gasteiger partial charge in [0.05, 0.1) is 0 Å². The molecule has 4 heteroatoms. The van der Waals surface area contributed by atoms with Gasteiger partial charge in [-0.1, -0.05) is 18.2 Å². The molecule has 0 atom stereocenters. The van der Waals surface area contributed by atoms with E-state index in [9.17, 15) is 0 Å². The van der Waals surface area contributed by atoms with Gasteiger partial charge in [-0.15, -0.1) is 5.10 Å². The molecule has 0 amide bonds. The molecule has 0 saturated heterocycles. The first kappa shape index (κ1) is 10.8. The van der Waals surface area contributed by atoms with Gasteiger partial charge < -0.3 is 5.73 Å². The van der Waals surface area contributed by atoms with E-state index in [2.05, 4.69) is 42.1 Å². The van der Waals surface area contributed by atoms with Crippen LogP contribution in [0.1, 0.15) is 11.1 Å². The molecule has 18 heavy (non-hydrogen) atoms. The monoisotopic (exact) mass is 238 g/mol. The number of nitrogens with zero attached hydrogens (tertiary/aromatic N) is 3. The minimum Gasteiger partial charge on any atom is -0.366 e. The van der Waals surface area contributed by atoms with Crippen molar-refractivity contribution < 1.29 is 0 Å². The molecule has 2 aromatic heterocycles. The van der Waals surface area contributed by atoms with Crippen LogP contribution in [0.25, 0.3) is 16.8 Å². The standard InChI is InChI=1S/C14H14N4/c1-9-5-6-11(8-10(9)2)12-4-3-7-18-13(12)16-14(15)17-18/h3-8H,1-2H3,(H2,15,17). The summed E-state index contributed by atoms with van der Waals surface area (Å²) in [5, 5.41) is 4.12. The number of hydrogen-bond donors (Lipinski definition) is 1. The second-order valence-electron chi connectivity index (χ2n) is 4.46. The summed E-state index contributed by atoms with van der Waals surface area (Å²) in [5.41, 5.74) is 11.2. The van der Waals surface area contributed by atoms with E-state index < -0.39 is 0 Å². The Morgan fingerprint density at radius 1 is 1.11 bits per heavy atom.